The molecule has 0 bridgehead atoms. The average Bonchev–Trinajstić information content (AvgIpc) is 2.87. The number of methoxy groups -OCH3 is 1. The standard InChI is InChI=1S/C14H15N3O3/c1-20-12-4-2-3-11(8-12)17-9-10(7-13(17)18)14(19)16-6-5-15/h2-4,8,10H,6-7,9H2,1H3,(H,16,19)/t10-/m0/s1. The van der Waals surface area contributed by atoms with E-state index in [4.69, 9.17) is 10.00 Å². The van der Waals surface area contributed by atoms with E-state index in [-0.39, 0.29) is 24.8 Å². The second-order valence-electron chi connectivity index (χ2n) is 4.48. The molecule has 2 rings (SSSR count). The first-order valence-electron chi connectivity index (χ1n) is 6.24. The van der Waals surface area contributed by atoms with Crippen LogP contribution in [0.3, 0.4) is 0 Å². The molecule has 1 aromatic carbocycles. The average molecular weight is 273 g/mol. The molecule has 1 aromatic rings. The first-order chi connectivity index (χ1) is 9.65. The van der Waals surface area contributed by atoms with Gasteiger partial charge in [-0.25, -0.2) is 0 Å². The van der Waals surface area contributed by atoms with Crippen molar-refractivity contribution in [1.29, 1.82) is 5.26 Å². The van der Waals surface area contributed by atoms with Crippen molar-refractivity contribution in [3.05, 3.63) is 24.3 Å². The Bertz CT molecular complexity index is 565. The predicted molar refractivity (Wildman–Crippen MR) is 72.1 cm³/mol. The molecule has 6 nitrogen and oxygen atoms in total. The summed E-state index contributed by atoms with van der Waals surface area (Å²) in [6.07, 6.45) is 0.161. The Morgan fingerprint density at radius 3 is 3.10 bits per heavy atom. The summed E-state index contributed by atoms with van der Waals surface area (Å²) in [6, 6.07) is 8.99. The summed E-state index contributed by atoms with van der Waals surface area (Å²) in [4.78, 5) is 25.4. The number of hydrogen-bond acceptors (Lipinski definition) is 4. The number of hydrogen-bond donors (Lipinski definition) is 1. The second kappa shape index (κ2) is 6.06. The number of rotatable bonds is 4. The molecule has 1 heterocycles. The third-order valence-corrected chi connectivity index (χ3v) is 3.20. The maximum atomic E-state index is 12.0. The number of nitriles is 1. The van der Waals surface area contributed by atoms with E-state index in [1.54, 1.807) is 36.3 Å². The molecule has 0 saturated carbocycles. The van der Waals surface area contributed by atoms with Gasteiger partial charge in [-0.2, -0.15) is 5.26 Å². The number of nitrogens with one attached hydrogen (secondary N) is 1. The molecule has 1 atom stereocenters. The quantitative estimate of drug-likeness (QED) is 0.818. The first kappa shape index (κ1) is 13.9. The molecule has 1 saturated heterocycles. The van der Waals surface area contributed by atoms with Crippen LogP contribution in [0.1, 0.15) is 6.42 Å². The van der Waals surface area contributed by atoms with Crippen LogP contribution in [-0.2, 0) is 9.59 Å². The molecule has 0 aromatic heterocycles. The molecular weight excluding hydrogens is 258 g/mol. The first-order valence-corrected chi connectivity index (χ1v) is 6.24. The van der Waals surface area contributed by atoms with Crippen LogP contribution >= 0.6 is 0 Å². The monoisotopic (exact) mass is 273 g/mol. The molecule has 0 radical (unpaired) electrons. The van der Waals surface area contributed by atoms with Crippen LogP contribution < -0.4 is 15.0 Å². The zero-order valence-corrected chi connectivity index (χ0v) is 11.1. The molecule has 0 unspecified atom stereocenters. The third kappa shape index (κ3) is 2.88. The highest BCUT2D eigenvalue weighted by molar-refractivity contribution is 6.00. The van der Waals surface area contributed by atoms with Gasteiger partial charge in [0.2, 0.25) is 11.8 Å². The molecule has 1 N–H and O–H groups in total. The van der Waals surface area contributed by atoms with Gasteiger partial charge >= 0.3 is 0 Å². The van der Waals surface area contributed by atoms with Gasteiger partial charge in [-0.1, -0.05) is 6.07 Å². The Balaban J connectivity index is 2.09. The zero-order chi connectivity index (χ0) is 14.5. The summed E-state index contributed by atoms with van der Waals surface area (Å²) < 4.78 is 5.12. The molecule has 0 aliphatic carbocycles. The number of benzene rings is 1. The van der Waals surface area contributed by atoms with Crippen LogP contribution in [0.4, 0.5) is 5.69 Å². The summed E-state index contributed by atoms with van der Waals surface area (Å²) in [5.41, 5.74) is 0.713. The van der Waals surface area contributed by atoms with Gasteiger partial charge in [-0.15, -0.1) is 0 Å². The van der Waals surface area contributed by atoms with Gasteiger partial charge in [-0.3, -0.25) is 9.59 Å². The fourth-order valence-corrected chi connectivity index (χ4v) is 2.18. The fraction of sp³-hybridized carbons (Fsp3) is 0.357. The summed E-state index contributed by atoms with van der Waals surface area (Å²) in [5.74, 6) is -0.115. The van der Waals surface area contributed by atoms with Crippen molar-refractivity contribution in [3.8, 4) is 11.8 Å². The Kier molecular flexibility index (Phi) is 4.20. The minimum absolute atomic E-state index is 0.0390. The molecule has 0 spiro atoms. The number of anilines is 1. The number of ether oxygens (including phenoxy) is 1. The molecule has 2 amide bonds. The van der Waals surface area contributed by atoms with E-state index in [2.05, 4.69) is 5.32 Å². The highest BCUT2D eigenvalue weighted by Gasteiger charge is 2.35. The number of amides is 2. The highest BCUT2D eigenvalue weighted by Crippen LogP contribution is 2.27. The lowest BCUT2D eigenvalue weighted by atomic mass is 10.1. The zero-order valence-electron chi connectivity index (χ0n) is 11.1. The Labute approximate surface area is 116 Å². The van der Waals surface area contributed by atoms with Crippen LogP contribution in [0.25, 0.3) is 0 Å². The van der Waals surface area contributed by atoms with Crippen molar-refractivity contribution in [2.45, 2.75) is 6.42 Å². The fourth-order valence-electron chi connectivity index (χ4n) is 2.18. The number of carbonyl (C=O) groups is 2. The second-order valence-corrected chi connectivity index (χ2v) is 4.48. The van der Waals surface area contributed by atoms with Gasteiger partial charge in [0, 0.05) is 24.7 Å². The topological polar surface area (TPSA) is 82.4 Å². The molecule has 104 valence electrons. The molecular formula is C14H15N3O3. The van der Waals surface area contributed by atoms with E-state index >= 15 is 0 Å². The van der Waals surface area contributed by atoms with Gasteiger partial charge in [0.05, 0.1) is 19.1 Å². The van der Waals surface area contributed by atoms with Crippen molar-refractivity contribution in [2.24, 2.45) is 5.92 Å². The van der Waals surface area contributed by atoms with Crippen molar-refractivity contribution >= 4 is 17.5 Å². The maximum absolute atomic E-state index is 12.0. The highest BCUT2D eigenvalue weighted by atomic mass is 16.5. The van der Waals surface area contributed by atoms with Crippen molar-refractivity contribution in [1.82, 2.24) is 5.32 Å². The van der Waals surface area contributed by atoms with Crippen LogP contribution in [0, 0.1) is 17.2 Å². The van der Waals surface area contributed by atoms with Gasteiger partial charge in [0.15, 0.2) is 0 Å². The summed E-state index contributed by atoms with van der Waals surface area (Å²) >= 11 is 0. The van der Waals surface area contributed by atoms with E-state index in [0.29, 0.717) is 18.0 Å². The molecule has 1 aliphatic heterocycles. The maximum Gasteiger partial charge on any atom is 0.227 e. The van der Waals surface area contributed by atoms with Gasteiger partial charge < -0.3 is 15.0 Å². The normalized spacial score (nSPS) is 17.7. The van der Waals surface area contributed by atoms with Gasteiger partial charge in [0.25, 0.3) is 0 Å². The predicted octanol–water partition coefficient (Wildman–Crippen LogP) is 0.688. The summed E-state index contributed by atoms with van der Waals surface area (Å²) in [6.45, 7) is 0.284. The Morgan fingerprint density at radius 1 is 1.60 bits per heavy atom. The lowest BCUT2D eigenvalue weighted by Crippen LogP contribution is -2.33. The van der Waals surface area contributed by atoms with E-state index in [9.17, 15) is 9.59 Å². The lowest BCUT2D eigenvalue weighted by molar-refractivity contribution is -0.126. The molecule has 20 heavy (non-hydrogen) atoms. The van der Waals surface area contributed by atoms with Crippen molar-refractivity contribution in [3.63, 3.8) is 0 Å². The van der Waals surface area contributed by atoms with Crippen LogP contribution in [-0.4, -0.2) is 32.0 Å². The van der Waals surface area contributed by atoms with E-state index in [1.807, 2.05) is 6.07 Å². The summed E-state index contributed by atoms with van der Waals surface area (Å²) in [7, 11) is 1.56. The van der Waals surface area contributed by atoms with Crippen LogP contribution in [0.15, 0.2) is 24.3 Å². The van der Waals surface area contributed by atoms with Crippen LogP contribution in [0.2, 0.25) is 0 Å². The Hall–Kier alpha value is -2.55. The van der Waals surface area contributed by atoms with Crippen LogP contribution in [0.5, 0.6) is 5.75 Å². The SMILES string of the molecule is COc1cccc(N2C[C@@H](C(=O)NCC#N)CC2=O)c1. The molecule has 6 heteroatoms. The Morgan fingerprint density at radius 2 is 2.40 bits per heavy atom. The number of carbonyl (C=O) groups excluding carboxylic acids is 2. The van der Waals surface area contributed by atoms with Gasteiger partial charge in [0.1, 0.15) is 12.3 Å². The van der Waals surface area contributed by atoms with Crippen molar-refractivity contribution in [2.75, 3.05) is 25.1 Å². The third-order valence-electron chi connectivity index (χ3n) is 3.20. The van der Waals surface area contributed by atoms with E-state index in [0.717, 1.165) is 0 Å². The smallest absolute Gasteiger partial charge is 0.227 e. The molecule has 1 aliphatic rings. The largest absolute Gasteiger partial charge is 0.497 e. The van der Waals surface area contributed by atoms with E-state index < -0.39 is 5.92 Å². The summed E-state index contributed by atoms with van der Waals surface area (Å²) in [5, 5.41) is 10.9. The van der Waals surface area contributed by atoms with Gasteiger partial charge in [-0.05, 0) is 12.1 Å². The molecule has 1 fully saturated rings. The van der Waals surface area contributed by atoms with E-state index in [1.165, 1.54) is 0 Å². The lowest BCUT2D eigenvalue weighted by Gasteiger charge is -2.17. The minimum atomic E-state index is -0.415. The number of nitrogens with zero attached hydrogens (tertiary/aromatic N) is 2. The van der Waals surface area contributed by atoms with Crippen molar-refractivity contribution < 1.29 is 14.3 Å². The minimum Gasteiger partial charge on any atom is -0.497 e.